The van der Waals surface area contributed by atoms with E-state index in [0.717, 1.165) is 25.2 Å². The lowest BCUT2D eigenvalue weighted by atomic mass is 10.0. The minimum Gasteiger partial charge on any atom is -0.326 e. The molecule has 3 rings (SSSR count). The van der Waals surface area contributed by atoms with Gasteiger partial charge in [-0.25, -0.2) is 13.1 Å². The van der Waals surface area contributed by atoms with Gasteiger partial charge in [-0.2, -0.15) is 0 Å². The van der Waals surface area contributed by atoms with Gasteiger partial charge in [-0.15, -0.1) is 0 Å². The number of likely N-dealkylation sites (N-methyl/N-ethyl adjacent to an activating group) is 1. The van der Waals surface area contributed by atoms with Crippen LogP contribution in [0, 0.1) is 5.92 Å². The summed E-state index contributed by atoms with van der Waals surface area (Å²) in [7, 11) is -3.54. The van der Waals surface area contributed by atoms with Gasteiger partial charge in [0.1, 0.15) is 0 Å². The largest absolute Gasteiger partial charge is 0.326 e. The molecule has 0 aliphatic carbocycles. The van der Waals surface area contributed by atoms with Crippen LogP contribution in [0.3, 0.4) is 0 Å². The average Bonchev–Trinajstić information content (AvgIpc) is 2.86. The number of carbonyl (C=O) groups excluding carboxylic acids is 1. The number of nitrogens with zero attached hydrogens (tertiary/aromatic N) is 1. The van der Waals surface area contributed by atoms with Gasteiger partial charge in [0, 0.05) is 31.2 Å². The van der Waals surface area contributed by atoms with Crippen LogP contribution in [-0.2, 0) is 21.2 Å². The molecule has 1 aromatic rings. The fourth-order valence-corrected chi connectivity index (χ4v) is 4.66. The Morgan fingerprint density at radius 3 is 2.78 bits per heavy atom. The highest BCUT2D eigenvalue weighted by Gasteiger charge is 2.32. The van der Waals surface area contributed by atoms with Gasteiger partial charge in [0.05, 0.1) is 4.90 Å². The van der Waals surface area contributed by atoms with Crippen LogP contribution in [0.2, 0.25) is 0 Å². The SMILES string of the molecule is CCN1CC(C)C(NS(=O)(=O)c2ccc3c(c2)CCC(=O)N3)C1. The number of anilines is 1. The Hall–Kier alpha value is -1.44. The van der Waals surface area contributed by atoms with E-state index in [1.54, 1.807) is 18.2 Å². The Morgan fingerprint density at radius 2 is 2.09 bits per heavy atom. The predicted molar refractivity (Wildman–Crippen MR) is 88.8 cm³/mol. The molecule has 0 spiro atoms. The molecule has 2 aliphatic rings. The fourth-order valence-electron chi connectivity index (χ4n) is 3.27. The van der Waals surface area contributed by atoms with Crippen molar-refractivity contribution in [3.05, 3.63) is 23.8 Å². The molecular formula is C16H23N3O3S. The van der Waals surface area contributed by atoms with Gasteiger partial charge in [-0.3, -0.25) is 4.79 Å². The van der Waals surface area contributed by atoms with Crippen molar-refractivity contribution in [1.82, 2.24) is 9.62 Å². The second kappa shape index (κ2) is 6.22. The van der Waals surface area contributed by atoms with E-state index in [9.17, 15) is 13.2 Å². The van der Waals surface area contributed by atoms with Crippen molar-refractivity contribution in [2.45, 2.75) is 37.6 Å². The zero-order valence-electron chi connectivity index (χ0n) is 13.5. The van der Waals surface area contributed by atoms with Gasteiger partial charge >= 0.3 is 0 Å². The summed E-state index contributed by atoms with van der Waals surface area (Å²) in [6.07, 6.45) is 0.975. The lowest BCUT2D eigenvalue weighted by Crippen LogP contribution is -2.39. The standard InChI is InChI=1S/C16H23N3O3S/c1-3-19-9-11(2)15(10-19)18-23(21,22)13-5-6-14-12(8-13)4-7-16(20)17-14/h5-6,8,11,15,18H,3-4,7,9-10H2,1-2H3,(H,17,20). The van der Waals surface area contributed by atoms with Crippen LogP contribution in [0.15, 0.2) is 23.1 Å². The number of sulfonamides is 1. The van der Waals surface area contributed by atoms with E-state index in [-0.39, 0.29) is 16.8 Å². The summed E-state index contributed by atoms with van der Waals surface area (Å²) >= 11 is 0. The Labute approximate surface area is 137 Å². The summed E-state index contributed by atoms with van der Waals surface area (Å²) in [6, 6.07) is 4.85. The zero-order valence-corrected chi connectivity index (χ0v) is 14.3. The monoisotopic (exact) mass is 337 g/mol. The molecule has 2 atom stereocenters. The first kappa shape index (κ1) is 16.4. The molecule has 2 heterocycles. The summed E-state index contributed by atoms with van der Waals surface area (Å²) in [5.41, 5.74) is 1.59. The van der Waals surface area contributed by atoms with Crippen molar-refractivity contribution in [2.24, 2.45) is 5.92 Å². The minimum atomic E-state index is -3.54. The number of benzene rings is 1. The molecule has 0 bridgehead atoms. The molecule has 1 aromatic carbocycles. The number of fused-ring (bicyclic) bond motifs is 1. The van der Waals surface area contributed by atoms with Crippen LogP contribution >= 0.6 is 0 Å². The van der Waals surface area contributed by atoms with Gasteiger partial charge < -0.3 is 10.2 Å². The topological polar surface area (TPSA) is 78.5 Å². The maximum Gasteiger partial charge on any atom is 0.240 e. The summed E-state index contributed by atoms with van der Waals surface area (Å²) in [5.74, 6) is 0.271. The van der Waals surface area contributed by atoms with Crippen LogP contribution in [0.1, 0.15) is 25.8 Å². The smallest absolute Gasteiger partial charge is 0.240 e. The first-order valence-electron chi connectivity index (χ1n) is 8.06. The molecule has 7 heteroatoms. The van der Waals surface area contributed by atoms with Crippen molar-refractivity contribution in [3.8, 4) is 0 Å². The third-order valence-corrected chi connectivity index (χ3v) is 6.21. The maximum atomic E-state index is 12.7. The number of amides is 1. The quantitative estimate of drug-likeness (QED) is 0.865. The molecule has 23 heavy (non-hydrogen) atoms. The highest BCUT2D eigenvalue weighted by molar-refractivity contribution is 7.89. The molecule has 2 aliphatic heterocycles. The van der Waals surface area contributed by atoms with Crippen LogP contribution in [0.4, 0.5) is 5.69 Å². The molecule has 2 unspecified atom stereocenters. The first-order chi connectivity index (χ1) is 10.9. The number of nitrogens with one attached hydrogen (secondary N) is 2. The first-order valence-corrected chi connectivity index (χ1v) is 9.55. The number of carbonyl (C=O) groups is 1. The maximum absolute atomic E-state index is 12.7. The molecular weight excluding hydrogens is 314 g/mol. The molecule has 126 valence electrons. The number of rotatable bonds is 4. The highest BCUT2D eigenvalue weighted by atomic mass is 32.2. The Balaban J connectivity index is 1.79. The molecule has 1 fully saturated rings. The predicted octanol–water partition coefficient (Wildman–Crippen LogP) is 1.19. The van der Waals surface area contributed by atoms with Gasteiger partial charge in [0.15, 0.2) is 0 Å². The van der Waals surface area contributed by atoms with E-state index in [1.165, 1.54) is 0 Å². The molecule has 0 radical (unpaired) electrons. The van der Waals surface area contributed by atoms with Crippen molar-refractivity contribution in [2.75, 3.05) is 25.0 Å². The van der Waals surface area contributed by atoms with Gasteiger partial charge in [0.2, 0.25) is 15.9 Å². The third kappa shape index (κ3) is 3.41. The summed E-state index contributed by atoms with van der Waals surface area (Å²) < 4.78 is 28.2. The molecule has 1 saturated heterocycles. The van der Waals surface area contributed by atoms with E-state index >= 15 is 0 Å². The fraction of sp³-hybridized carbons (Fsp3) is 0.562. The lowest BCUT2D eigenvalue weighted by Gasteiger charge is -2.20. The number of likely N-dealkylation sites (tertiary alicyclic amines) is 1. The summed E-state index contributed by atoms with van der Waals surface area (Å²) in [5, 5.41) is 2.77. The van der Waals surface area contributed by atoms with E-state index in [2.05, 4.69) is 28.8 Å². The van der Waals surface area contributed by atoms with E-state index in [4.69, 9.17) is 0 Å². The normalized spacial score (nSPS) is 25.2. The van der Waals surface area contributed by atoms with Gasteiger partial charge in [0.25, 0.3) is 0 Å². The second-order valence-electron chi connectivity index (χ2n) is 6.42. The van der Waals surface area contributed by atoms with E-state index in [0.29, 0.717) is 24.4 Å². The molecule has 0 saturated carbocycles. The number of aryl methyl sites for hydroxylation is 1. The highest BCUT2D eigenvalue weighted by Crippen LogP contribution is 2.26. The molecule has 6 nitrogen and oxygen atoms in total. The van der Waals surface area contributed by atoms with Crippen LogP contribution in [0.5, 0.6) is 0 Å². The molecule has 1 amide bonds. The van der Waals surface area contributed by atoms with Gasteiger partial charge in [-0.1, -0.05) is 13.8 Å². The number of hydrogen-bond donors (Lipinski definition) is 2. The summed E-state index contributed by atoms with van der Waals surface area (Å²) in [4.78, 5) is 13.9. The van der Waals surface area contributed by atoms with Crippen LogP contribution < -0.4 is 10.0 Å². The summed E-state index contributed by atoms with van der Waals surface area (Å²) in [6.45, 7) is 6.76. The van der Waals surface area contributed by atoms with Crippen LogP contribution in [0.25, 0.3) is 0 Å². The molecule has 2 N–H and O–H groups in total. The third-order valence-electron chi connectivity index (χ3n) is 4.72. The Kier molecular flexibility index (Phi) is 4.44. The number of hydrogen-bond acceptors (Lipinski definition) is 4. The average molecular weight is 337 g/mol. The second-order valence-corrected chi connectivity index (χ2v) is 8.14. The minimum absolute atomic E-state index is 0.0225. The van der Waals surface area contributed by atoms with E-state index in [1.807, 2.05) is 0 Å². The Bertz CT molecular complexity index is 717. The van der Waals surface area contributed by atoms with Crippen molar-refractivity contribution in [1.29, 1.82) is 0 Å². The van der Waals surface area contributed by atoms with Crippen molar-refractivity contribution < 1.29 is 13.2 Å². The Morgan fingerprint density at radius 1 is 1.30 bits per heavy atom. The van der Waals surface area contributed by atoms with Crippen molar-refractivity contribution in [3.63, 3.8) is 0 Å². The van der Waals surface area contributed by atoms with Crippen molar-refractivity contribution >= 4 is 21.6 Å². The van der Waals surface area contributed by atoms with E-state index < -0.39 is 10.0 Å². The lowest BCUT2D eigenvalue weighted by molar-refractivity contribution is -0.116. The molecule has 0 aromatic heterocycles. The van der Waals surface area contributed by atoms with Crippen LogP contribution in [-0.4, -0.2) is 44.9 Å². The zero-order chi connectivity index (χ0) is 16.6. The van der Waals surface area contributed by atoms with Gasteiger partial charge in [-0.05, 0) is 42.6 Å².